The van der Waals surface area contributed by atoms with Crippen LogP contribution in [0.4, 0.5) is 4.79 Å². The molecule has 7 heteroatoms. The number of nitrogens with zero attached hydrogens (tertiary/aromatic N) is 3. The van der Waals surface area contributed by atoms with Gasteiger partial charge in [-0.05, 0) is 12.5 Å². The van der Waals surface area contributed by atoms with Crippen molar-refractivity contribution in [2.45, 2.75) is 31.6 Å². The maximum atomic E-state index is 12.0. The van der Waals surface area contributed by atoms with Crippen molar-refractivity contribution >= 4 is 6.09 Å². The molecule has 21 heavy (non-hydrogen) atoms. The number of aliphatic hydroxyl groups excluding tert-OH is 2. The maximum absolute atomic E-state index is 12.0. The van der Waals surface area contributed by atoms with Crippen LogP contribution < -0.4 is 0 Å². The Bertz CT molecular complexity index is 514. The second kappa shape index (κ2) is 6.73. The van der Waals surface area contributed by atoms with E-state index in [4.69, 9.17) is 4.74 Å². The van der Waals surface area contributed by atoms with Gasteiger partial charge in [0.2, 0.25) is 0 Å². The largest absolute Gasteiger partial charge is 0.445 e. The first kappa shape index (κ1) is 15.5. The minimum absolute atomic E-state index is 0.0815. The fourth-order valence-corrected chi connectivity index (χ4v) is 2.58. The van der Waals surface area contributed by atoms with Crippen LogP contribution in [0.1, 0.15) is 17.8 Å². The van der Waals surface area contributed by atoms with Crippen molar-refractivity contribution in [3.05, 3.63) is 30.1 Å². The molecule has 0 radical (unpaired) electrons. The van der Waals surface area contributed by atoms with Gasteiger partial charge in [-0.3, -0.25) is 4.68 Å². The number of aliphatic hydroxyl groups is 2. The molecular weight excluding hydrogens is 274 g/mol. The lowest BCUT2D eigenvalue weighted by molar-refractivity contribution is 0.102. The predicted octanol–water partition coefficient (Wildman–Crippen LogP) is 0.213. The average molecular weight is 295 g/mol. The molecule has 1 saturated heterocycles. The normalized spacial score (nSPS) is 21.6. The van der Waals surface area contributed by atoms with Crippen LogP contribution in [0.2, 0.25) is 0 Å². The summed E-state index contributed by atoms with van der Waals surface area (Å²) in [5.41, 5.74) is 1.49. The number of ether oxygens (including phenoxy) is 1. The number of hydrogen-bond donors (Lipinski definition) is 2. The fraction of sp³-hybridized carbons (Fsp3) is 0.571. The molecule has 1 aliphatic rings. The van der Waals surface area contributed by atoms with Crippen LogP contribution >= 0.6 is 0 Å². The molecule has 7 nitrogen and oxygen atoms in total. The highest BCUT2D eigenvalue weighted by Gasteiger charge is 2.35. The highest BCUT2D eigenvalue weighted by Crippen LogP contribution is 2.22. The molecule has 116 valence electrons. The molecule has 0 spiro atoms. The summed E-state index contributed by atoms with van der Waals surface area (Å²) < 4.78 is 6.65. The van der Waals surface area contributed by atoms with Gasteiger partial charge in [0.25, 0.3) is 0 Å². The second-order valence-corrected chi connectivity index (χ2v) is 5.17. The smallest absolute Gasteiger partial charge is 0.410 e. The van der Waals surface area contributed by atoms with Crippen molar-refractivity contribution in [2.24, 2.45) is 7.05 Å². The Hall–Kier alpha value is -1.86. The average Bonchev–Trinajstić information content (AvgIpc) is 2.99. The van der Waals surface area contributed by atoms with E-state index in [0.29, 0.717) is 18.5 Å². The Morgan fingerprint density at radius 1 is 1.67 bits per heavy atom. The topological polar surface area (TPSA) is 87.8 Å². The minimum Gasteiger partial charge on any atom is -0.445 e. The van der Waals surface area contributed by atoms with Crippen LogP contribution in [0.25, 0.3) is 0 Å². The van der Waals surface area contributed by atoms with Gasteiger partial charge in [0, 0.05) is 19.5 Å². The summed E-state index contributed by atoms with van der Waals surface area (Å²) in [5.74, 6) is 0. The maximum Gasteiger partial charge on any atom is 0.410 e. The molecule has 2 N–H and O–H groups in total. The third kappa shape index (κ3) is 3.62. The van der Waals surface area contributed by atoms with Crippen LogP contribution in [0.5, 0.6) is 0 Å². The van der Waals surface area contributed by atoms with Crippen LogP contribution in [-0.2, 0) is 24.8 Å². The van der Waals surface area contributed by atoms with Crippen molar-refractivity contribution in [3.8, 4) is 0 Å². The van der Waals surface area contributed by atoms with Crippen LogP contribution in [-0.4, -0.2) is 56.3 Å². The molecule has 1 aromatic rings. The standard InChI is InChI=1S/C14H21N3O4/c1-3-4-21-14(20)17-8-13(19)7-11(17)5-10-6-12(9-18)16(2)15-10/h3,6,11,13,18-19H,1,4-5,7-9H2,2H3/t11-,13-/m1/s1. The van der Waals surface area contributed by atoms with Crippen molar-refractivity contribution in [1.82, 2.24) is 14.7 Å². The van der Waals surface area contributed by atoms with Gasteiger partial charge in [-0.2, -0.15) is 5.10 Å². The third-order valence-corrected chi connectivity index (χ3v) is 3.59. The van der Waals surface area contributed by atoms with Crippen LogP contribution in [0, 0.1) is 0 Å². The first-order valence-electron chi connectivity index (χ1n) is 6.90. The van der Waals surface area contributed by atoms with E-state index in [9.17, 15) is 15.0 Å². The summed E-state index contributed by atoms with van der Waals surface area (Å²) in [7, 11) is 1.76. The predicted molar refractivity (Wildman–Crippen MR) is 75.5 cm³/mol. The number of β-amino-alcohol motifs (C(OH)–C–C–N with tert-alkyl or cyclic N) is 1. The van der Waals surface area contributed by atoms with Crippen LogP contribution in [0.15, 0.2) is 18.7 Å². The number of carbonyl (C=O) groups is 1. The molecule has 2 rings (SSSR count). The lowest BCUT2D eigenvalue weighted by atomic mass is 10.1. The molecule has 1 fully saturated rings. The molecule has 0 aromatic carbocycles. The number of rotatable bonds is 5. The van der Waals surface area contributed by atoms with Crippen molar-refractivity contribution < 1.29 is 19.7 Å². The summed E-state index contributed by atoms with van der Waals surface area (Å²) in [5, 5.41) is 23.3. The zero-order valence-corrected chi connectivity index (χ0v) is 12.1. The Morgan fingerprint density at radius 3 is 3.05 bits per heavy atom. The van der Waals surface area contributed by atoms with E-state index < -0.39 is 12.2 Å². The minimum atomic E-state index is -0.549. The van der Waals surface area contributed by atoms with E-state index >= 15 is 0 Å². The monoisotopic (exact) mass is 295 g/mol. The molecule has 0 bridgehead atoms. The van der Waals surface area contributed by atoms with Gasteiger partial charge in [-0.1, -0.05) is 12.7 Å². The fourth-order valence-electron chi connectivity index (χ4n) is 2.58. The molecule has 0 aliphatic carbocycles. The molecular formula is C14H21N3O4. The first-order valence-corrected chi connectivity index (χ1v) is 6.90. The molecule has 0 unspecified atom stereocenters. The second-order valence-electron chi connectivity index (χ2n) is 5.17. The summed E-state index contributed by atoms with van der Waals surface area (Å²) >= 11 is 0. The molecule has 1 amide bonds. The van der Waals surface area contributed by atoms with Gasteiger partial charge in [-0.15, -0.1) is 0 Å². The van der Waals surface area contributed by atoms with Crippen molar-refractivity contribution in [2.75, 3.05) is 13.2 Å². The quantitative estimate of drug-likeness (QED) is 0.758. The van der Waals surface area contributed by atoms with Gasteiger partial charge in [-0.25, -0.2) is 4.79 Å². The van der Waals surface area contributed by atoms with Gasteiger partial charge >= 0.3 is 6.09 Å². The highest BCUT2D eigenvalue weighted by atomic mass is 16.6. The van der Waals surface area contributed by atoms with Gasteiger partial charge in [0.15, 0.2) is 0 Å². The van der Waals surface area contributed by atoms with Crippen LogP contribution in [0.3, 0.4) is 0 Å². The Balaban J connectivity index is 2.05. The number of likely N-dealkylation sites (tertiary alicyclic amines) is 1. The third-order valence-electron chi connectivity index (χ3n) is 3.59. The summed E-state index contributed by atoms with van der Waals surface area (Å²) in [6.45, 7) is 3.83. The van der Waals surface area contributed by atoms with E-state index in [0.717, 1.165) is 5.69 Å². The molecule has 2 heterocycles. The van der Waals surface area contributed by atoms with Crippen molar-refractivity contribution in [3.63, 3.8) is 0 Å². The number of aryl methyl sites for hydroxylation is 1. The Kier molecular flexibility index (Phi) is 4.98. The molecule has 1 aromatic heterocycles. The SMILES string of the molecule is C=CCOC(=O)N1C[C@H](O)C[C@H]1Cc1cc(CO)n(C)n1. The van der Waals surface area contributed by atoms with E-state index in [1.54, 1.807) is 17.8 Å². The zero-order valence-electron chi connectivity index (χ0n) is 12.1. The summed E-state index contributed by atoms with van der Waals surface area (Å²) in [6, 6.07) is 1.65. The van der Waals surface area contributed by atoms with E-state index in [-0.39, 0.29) is 25.8 Å². The first-order chi connectivity index (χ1) is 10.0. The lowest BCUT2D eigenvalue weighted by Gasteiger charge is -2.22. The molecule has 2 atom stereocenters. The number of carbonyl (C=O) groups excluding carboxylic acids is 1. The number of amides is 1. The molecule has 1 aliphatic heterocycles. The van der Waals surface area contributed by atoms with Gasteiger partial charge in [0.05, 0.1) is 30.6 Å². The number of hydrogen-bond acceptors (Lipinski definition) is 5. The van der Waals surface area contributed by atoms with Gasteiger partial charge in [0.1, 0.15) is 6.61 Å². The molecule has 0 saturated carbocycles. The Labute approximate surface area is 123 Å². The zero-order chi connectivity index (χ0) is 15.4. The van der Waals surface area contributed by atoms with E-state index in [1.165, 1.54) is 11.0 Å². The summed E-state index contributed by atoms with van der Waals surface area (Å²) in [6.07, 6.45) is 1.52. The lowest BCUT2D eigenvalue weighted by Crippen LogP contribution is -2.37. The van der Waals surface area contributed by atoms with Gasteiger partial charge < -0.3 is 19.8 Å². The van der Waals surface area contributed by atoms with E-state index in [2.05, 4.69) is 11.7 Å². The Morgan fingerprint density at radius 2 is 2.43 bits per heavy atom. The number of aromatic nitrogens is 2. The summed E-state index contributed by atoms with van der Waals surface area (Å²) in [4.78, 5) is 13.5. The van der Waals surface area contributed by atoms with E-state index in [1.807, 2.05) is 0 Å². The van der Waals surface area contributed by atoms with Crippen molar-refractivity contribution in [1.29, 1.82) is 0 Å². The highest BCUT2D eigenvalue weighted by molar-refractivity contribution is 5.68.